The van der Waals surface area contributed by atoms with Crippen LogP contribution in [0.5, 0.6) is 5.75 Å². The largest absolute Gasteiger partial charge is 0.573 e. The number of hydrogen-bond donors (Lipinski definition) is 2. The second kappa shape index (κ2) is 7.98. The Morgan fingerprint density at radius 2 is 1.97 bits per heavy atom. The van der Waals surface area contributed by atoms with Crippen molar-refractivity contribution < 1.29 is 32.2 Å². The molecule has 0 unspecified atom stereocenters. The van der Waals surface area contributed by atoms with Gasteiger partial charge in [0.1, 0.15) is 17.1 Å². The summed E-state index contributed by atoms with van der Waals surface area (Å²) < 4.78 is 46.6. The van der Waals surface area contributed by atoms with Crippen molar-refractivity contribution in [2.75, 3.05) is 5.32 Å². The zero-order valence-electron chi connectivity index (χ0n) is 15.7. The van der Waals surface area contributed by atoms with Crippen molar-refractivity contribution in [1.29, 1.82) is 0 Å². The van der Waals surface area contributed by atoms with Crippen molar-refractivity contribution in [3.8, 4) is 17.2 Å². The van der Waals surface area contributed by atoms with Gasteiger partial charge in [0.05, 0.1) is 11.1 Å². The lowest BCUT2D eigenvalue weighted by atomic mass is 10.2. The number of alkyl halides is 3. The van der Waals surface area contributed by atoms with Gasteiger partial charge in [-0.3, -0.25) is 0 Å². The van der Waals surface area contributed by atoms with Crippen molar-refractivity contribution in [2.24, 2.45) is 0 Å². The van der Waals surface area contributed by atoms with E-state index in [1.165, 1.54) is 36.5 Å². The molecule has 0 bridgehead atoms. The molecular formula is C21H14F3N3O4. The van der Waals surface area contributed by atoms with Gasteiger partial charge in [-0.15, -0.1) is 13.2 Å². The number of ether oxygens (including phenoxy) is 1. The first-order valence-electron chi connectivity index (χ1n) is 8.96. The Hall–Kier alpha value is -4.08. The van der Waals surface area contributed by atoms with Crippen LogP contribution in [0.1, 0.15) is 15.9 Å². The molecule has 7 nitrogen and oxygen atoms in total. The molecule has 0 amide bonds. The van der Waals surface area contributed by atoms with Crippen LogP contribution in [0.25, 0.3) is 22.6 Å². The molecule has 2 aromatic heterocycles. The molecule has 31 heavy (non-hydrogen) atoms. The van der Waals surface area contributed by atoms with E-state index < -0.39 is 12.3 Å². The molecule has 0 saturated carbocycles. The van der Waals surface area contributed by atoms with E-state index in [2.05, 4.69) is 20.0 Å². The van der Waals surface area contributed by atoms with E-state index in [0.29, 0.717) is 28.0 Å². The van der Waals surface area contributed by atoms with Crippen LogP contribution < -0.4 is 10.1 Å². The molecule has 0 radical (unpaired) electrons. The SMILES string of the molecule is O=C(O)c1ccc2nc(-c3ccc(NCc4cccc(OC(F)(F)F)c4)nc3)oc2c1. The van der Waals surface area contributed by atoms with Crippen molar-refractivity contribution in [1.82, 2.24) is 9.97 Å². The Morgan fingerprint density at radius 3 is 2.68 bits per heavy atom. The number of oxazole rings is 1. The topological polar surface area (TPSA) is 97.5 Å². The average molecular weight is 429 g/mol. The lowest BCUT2D eigenvalue weighted by Gasteiger charge is -2.11. The molecule has 10 heteroatoms. The Morgan fingerprint density at radius 1 is 1.13 bits per heavy atom. The van der Waals surface area contributed by atoms with E-state index in [1.54, 1.807) is 24.3 Å². The Kier molecular flexibility index (Phi) is 5.20. The molecule has 4 rings (SSSR count). The first-order valence-corrected chi connectivity index (χ1v) is 8.96. The number of pyridine rings is 1. The summed E-state index contributed by atoms with van der Waals surface area (Å²) in [5.74, 6) is -0.576. The number of rotatable bonds is 6. The number of anilines is 1. The van der Waals surface area contributed by atoms with Crippen molar-refractivity contribution in [2.45, 2.75) is 12.9 Å². The molecule has 2 aromatic carbocycles. The minimum absolute atomic E-state index is 0.0950. The smallest absolute Gasteiger partial charge is 0.478 e. The Balaban J connectivity index is 1.45. The first-order chi connectivity index (χ1) is 14.8. The fourth-order valence-electron chi connectivity index (χ4n) is 2.85. The molecule has 0 aliphatic carbocycles. The van der Waals surface area contributed by atoms with Gasteiger partial charge in [0.15, 0.2) is 5.58 Å². The van der Waals surface area contributed by atoms with Gasteiger partial charge in [-0.1, -0.05) is 12.1 Å². The predicted molar refractivity (Wildman–Crippen MR) is 105 cm³/mol. The van der Waals surface area contributed by atoms with Crippen molar-refractivity contribution in [3.63, 3.8) is 0 Å². The molecule has 0 spiro atoms. The number of halogens is 3. The second-order valence-corrected chi connectivity index (χ2v) is 6.49. The summed E-state index contributed by atoms with van der Waals surface area (Å²) in [7, 11) is 0. The van der Waals surface area contributed by atoms with E-state index in [-0.39, 0.29) is 23.7 Å². The minimum Gasteiger partial charge on any atom is -0.478 e. The molecule has 0 aliphatic rings. The molecule has 2 N–H and O–H groups in total. The van der Waals surface area contributed by atoms with Crippen LogP contribution in [0.4, 0.5) is 19.0 Å². The molecule has 4 aromatic rings. The number of nitrogens with one attached hydrogen (secondary N) is 1. The highest BCUT2D eigenvalue weighted by atomic mass is 19.4. The van der Waals surface area contributed by atoms with Gasteiger partial charge < -0.3 is 19.6 Å². The van der Waals surface area contributed by atoms with Crippen molar-refractivity contribution in [3.05, 3.63) is 71.9 Å². The third-order valence-corrected chi connectivity index (χ3v) is 4.25. The molecule has 2 heterocycles. The number of aromatic nitrogens is 2. The van der Waals surface area contributed by atoms with Gasteiger partial charge in [0.25, 0.3) is 0 Å². The van der Waals surface area contributed by atoms with E-state index in [9.17, 15) is 18.0 Å². The highest BCUT2D eigenvalue weighted by Gasteiger charge is 2.31. The number of aromatic carboxylic acids is 1. The van der Waals surface area contributed by atoms with E-state index >= 15 is 0 Å². The van der Waals surface area contributed by atoms with E-state index in [4.69, 9.17) is 9.52 Å². The van der Waals surface area contributed by atoms with Gasteiger partial charge in [0.2, 0.25) is 5.89 Å². The standard InChI is InChI=1S/C21H14F3N3O4/c22-21(23,24)31-15-3-1-2-12(8-15)10-25-18-7-5-14(11-26-18)19-27-16-6-4-13(20(28)29)9-17(16)30-19/h1-9,11H,10H2,(H,25,26)(H,28,29). The molecular weight excluding hydrogens is 415 g/mol. The van der Waals surface area contributed by atoms with Crippen LogP contribution in [0.2, 0.25) is 0 Å². The maximum absolute atomic E-state index is 12.3. The second-order valence-electron chi connectivity index (χ2n) is 6.49. The first kappa shape index (κ1) is 20.2. The third-order valence-electron chi connectivity index (χ3n) is 4.25. The number of carboxylic acid groups (broad SMARTS) is 1. The van der Waals surface area contributed by atoms with Crippen LogP contribution in [0.3, 0.4) is 0 Å². The van der Waals surface area contributed by atoms with Crippen molar-refractivity contribution >= 4 is 22.9 Å². The zero-order chi connectivity index (χ0) is 22.0. The maximum atomic E-state index is 12.3. The number of carbonyl (C=O) groups is 1. The van der Waals surface area contributed by atoms with E-state index in [1.807, 2.05) is 0 Å². The molecule has 0 fully saturated rings. The number of carboxylic acids is 1. The molecule has 0 saturated heterocycles. The highest BCUT2D eigenvalue weighted by Crippen LogP contribution is 2.26. The number of hydrogen-bond acceptors (Lipinski definition) is 6. The summed E-state index contributed by atoms with van der Waals surface area (Å²) >= 11 is 0. The van der Waals surface area contributed by atoms with Gasteiger partial charge in [0, 0.05) is 12.7 Å². The van der Waals surface area contributed by atoms with Crippen LogP contribution in [-0.4, -0.2) is 27.4 Å². The van der Waals surface area contributed by atoms with Crippen LogP contribution in [0.15, 0.2) is 65.2 Å². The minimum atomic E-state index is -4.75. The Labute approximate surface area is 173 Å². The van der Waals surface area contributed by atoms with Crippen LogP contribution in [0, 0.1) is 0 Å². The number of fused-ring (bicyclic) bond motifs is 1. The normalized spacial score (nSPS) is 11.5. The summed E-state index contributed by atoms with van der Waals surface area (Å²) in [5.41, 5.74) is 2.12. The summed E-state index contributed by atoms with van der Waals surface area (Å²) in [6, 6.07) is 13.4. The highest BCUT2D eigenvalue weighted by molar-refractivity contribution is 5.92. The fraction of sp³-hybridized carbons (Fsp3) is 0.0952. The number of benzene rings is 2. The summed E-state index contributed by atoms with van der Waals surface area (Å²) in [5, 5.41) is 12.1. The molecule has 0 atom stereocenters. The third kappa shape index (κ3) is 4.92. The summed E-state index contributed by atoms with van der Waals surface area (Å²) in [4.78, 5) is 19.6. The van der Waals surface area contributed by atoms with Crippen LogP contribution >= 0.6 is 0 Å². The lowest BCUT2D eigenvalue weighted by molar-refractivity contribution is -0.274. The predicted octanol–water partition coefficient (Wildman–Crippen LogP) is 5.10. The molecule has 0 aliphatic heterocycles. The molecule has 158 valence electrons. The van der Waals surface area contributed by atoms with Gasteiger partial charge in [-0.05, 0) is 48.0 Å². The fourth-order valence-corrected chi connectivity index (χ4v) is 2.85. The average Bonchev–Trinajstić information content (AvgIpc) is 3.15. The maximum Gasteiger partial charge on any atom is 0.573 e. The monoisotopic (exact) mass is 429 g/mol. The lowest BCUT2D eigenvalue weighted by Crippen LogP contribution is -2.17. The van der Waals surface area contributed by atoms with Gasteiger partial charge in [-0.2, -0.15) is 0 Å². The summed E-state index contributed by atoms with van der Waals surface area (Å²) in [6.45, 7) is 0.238. The Bertz CT molecular complexity index is 1240. The van der Waals surface area contributed by atoms with Crippen LogP contribution in [-0.2, 0) is 6.54 Å². The quantitative estimate of drug-likeness (QED) is 0.440. The van der Waals surface area contributed by atoms with Gasteiger partial charge in [-0.25, -0.2) is 14.8 Å². The summed E-state index contributed by atoms with van der Waals surface area (Å²) in [6.07, 6.45) is -3.22. The number of nitrogens with zero attached hydrogens (tertiary/aromatic N) is 2. The van der Waals surface area contributed by atoms with E-state index in [0.717, 1.165) is 0 Å². The van der Waals surface area contributed by atoms with Gasteiger partial charge >= 0.3 is 12.3 Å². The zero-order valence-corrected chi connectivity index (χ0v) is 15.7.